The first-order chi connectivity index (χ1) is 6.93. The Balaban J connectivity index is -0.0000000257. The average Bonchev–Trinajstić information content (AvgIpc) is 1.76. The molecule has 0 aromatic rings. The van der Waals surface area contributed by atoms with Gasteiger partial charge in [0.15, 0.2) is 0 Å². The Labute approximate surface area is 124 Å². The van der Waals surface area contributed by atoms with Crippen molar-refractivity contribution in [3.63, 3.8) is 0 Å². The minimum atomic E-state index is -2.08. The molecule has 0 aromatic carbocycles. The van der Waals surface area contributed by atoms with E-state index in [0.29, 0.717) is 0 Å². The zero-order valence-corrected chi connectivity index (χ0v) is 12.3. The van der Waals surface area contributed by atoms with Crippen LogP contribution in [0.5, 0.6) is 0 Å². The van der Waals surface area contributed by atoms with Gasteiger partial charge in [0, 0.05) is 0 Å². The molecule has 0 heterocycles. The predicted octanol–water partition coefficient (Wildman–Crippen LogP) is -3.38. The van der Waals surface area contributed by atoms with E-state index < -0.39 is 24.6 Å². The normalized spacial score (nSPS) is 5.33. The van der Waals surface area contributed by atoms with Crippen molar-refractivity contribution in [3.8, 4) is 0 Å². The van der Waals surface area contributed by atoms with E-state index in [9.17, 15) is 0 Å². The maximum absolute atomic E-state index is 8.56. The van der Waals surface area contributed by atoms with Gasteiger partial charge in [-0.25, -0.2) is 14.4 Å². The summed E-state index contributed by atoms with van der Waals surface area (Å²) < 4.78 is 0. The first kappa shape index (κ1) is 36.0. The fraction of sp³-hybridized carbons (Fsp3) is 0. The molecule has 0 aliphatic rings. The van der Waals surface area contributed by atoms with Crippen LogP contribution in [0.2, 0.25) is 0 Å². The number of hydrogen-bond acceptors (Lipinski definition) is 5. The van der Waals surface area contributed by atoms with Gasteiger partial charge in [-0.05, 0) is 0 Å². The first-order valence-electron chi connectivity index (χ1n) is 2.59. The van der Waals surface area contributed by atoms with Crippen LogP contribution in [0, 0.1) is 0 Å². The van der Waals surface area contributed by atoms with Crippen molar-refractivity contribution < 1.29 is 89.6 Å². The van der Waals surface area contributed by atoms with Crippen LogP contribution in [0.15, 0.2) is 0 Å². The summed E-state index contributed by atoms with van der Waals surface area (Å²) in [6, 6.07) is 0. The van der Waals surface area contributed by atoms with Crippen LogP contribution in [0.4, 0.5) is 19.2 Å². The van der Waals surface area contributed by atoms with Crippen LogP contribution in [0.1, 0.15) is 0 Å². The molecule has 0 aliphatic heterocycles. The van der Waals surface area contributed by atoms with Crippen molar-refractivity contribution in [3.05, 3.63) is 0 Å². The third-order valence-corrected chi connectivity index (χ3v) is 0. The Morgan fingerprint density at radius 2 is 0.611 bits per heavy atom. The molecule has 0 amide bonds. The molecule has 0 saturated carbocycles. The van der Waals surface area contributed by atoms with E-state index in [0.717, 1.165) is 0 Å². The molecule has 0 spiro atoms. The zero-order valence-electron chi connectivity index (χ0n) is 8.88. The van der Waals surface area contributed by atoms with E-state index in [1.54, 1.807) is 0 Å². The van der Waals surface area contributed by atoms with Crippen LogP contribution in [-0.4, -0.2) is 60.4 Å². The van der Waals surface area contributed by atoms with E-state index >= 15 is 0 Å². The molecular weight excluding hydrogens is 294 g/mol. The van der Waals surface area contributed by atoms with E-state index in [2.05, 4.69) is 0 Å². The van der Waals surface area contributed by atoms with E-state index in [1.807, 2.05) is 0 Å². The van der Waals surface area contributed by atoms with Gasteiger partial charge < -0.3 is 45.6 Å². The minimum absolute atomic E-state index is 0. The summed E-state index contributed by atoms with van der Waals surface area (Å²) in [5.41, 5.74) is 0. The van der Waals surface area contributed by atoms with Gasteiger partial charge in [0.25, 0.3) is 0 Å². The molecule has 0 aliphatic carbocycles. The van der Waals surface area contributed by atoms with Crippen LogP contribution in [-0.2, 0) is 0 Å². The second-order valence-corrected chi connectivity index (χ2v) is 1.11. The second-order valence-electron chi connectivity index (χ2n) is 1.11. The third kappa shape index (κ3) is 1190. The van der Waals surface area contributed by atoms with E-state index in [1.165, 1.54) is 0 Å². The van der Waals surface area contributed by atoms with Crippen molar-refractivity contribution in [1.82, 2.24) is 0 Å². The Kier molecular flexibility index (Phi) is 59.1. The predicted molar refractivity (Wildman–Crippen MR) is 51.1 cm³/mol. The molecule has 0 bridgehead atoms. The fourth-order valence-electron chi connectivity index (χ4n) is 0. The molecule has 12 nitrogen and oxygen atoms in total. The molecule has 0 radical (unpaired) electrons. The Morgan fingerprint density at radius 1 is 0.611 bits per heavy atom. The van der Waals surface area contributed by atoms with Crippen molar-refractivity contribution in [2.75, 3.05) is 0 Å². The molecule has 0 rings (SSSR count). The maximum atomic E-state index is 8.56. The Morgan fingerprint density at radius 3 is 0.611 bits per heavy atom. The van der Waals surface area contributed by atoms with Crippen LogP contribution >= 0.6 is 9.90 Å². The number of hydrogen-bond donors (Lipinski definition) is 7. The maximum Gasteiger partial charge on any atom is 1.00 e. The topological polar surface area (TPSA) is 233 Å². The Hall–Kier alpha value is -1.49. The monoisotopic (exact) mass is 304 g/mol. The van der Waals surface area contributed by atoms with Gasteiger partial charge in [0.1, 0.15) is 0 Å². The average molecular weight is 304 g/mol. The van der Waals surface area contributed by atoms with Gasteiger partial charge in [0.2, 0.25) is 6.16 Å². The van der Waals surface area contributed by atoms with Gasteiger partial charge in [-0.2, -0.15) is 9.90 Å². The summed E-state index contributed by atoms with van der Waals surface area (Å²) in [5.74, 6) is 0. The van der Waals surface area contributed by atoms with Gasteiger partial charge in [-0.15, -0.1) is 0 Å². The summed E-state index contributed by atoms with van der Waals surface area (Å²) in [7, 11) is 0. The number of carbonyl (C=O) groups is 4. The van der Waals surface area contributed by atoms with Gasteiger partial charge in [-0.1, -0.05) is 0 Å². The summed E-state index contributed by atoms with van der Waals surface area (Å²) >= 11 is 0. The molecule has 0 saturated heterocycles. The van der Waals surface area contributed by atoms with Crippen molar-refractivity contribution >= 4 is 34.5 Å². The van der Waals surface area contributed by atoms with Crippen molar-refractivity contribution in [2.24, 2.45) is 0 Å². The largest absolute Gasteiger partial charge is 1.00 e. The quantitative estimate of drug-likeness (QED) is 0.171. The second kappa shape index (κ2) is 29.6. The molecule has 104 valence electrons. The van der Waals surface area contributed by atoms with Crippen molar-refractivity contribution in [2.45, 2.75) is 0 Å². The van der Waals surface area contributed by atoms with E-state index in [4.69, 9.17) is 60.0 Å². The molecule has 18 heavy (non-hydrogen) atoms. The molecule has 1 unspecified atom stereocenters. The molecule has 1 atom stereocenters. The third-order valence-electron chi connectivity index (χ3n) is 0. The smallest absolute Gasteiger partial charge is 0.565 e. The SMILES string of the molecule is O=C(O)O.O=C(O)O.O=C(O)O.O=C([O-])O.P.[Na+]. The summed E-state index contributed by atoms with van der Waals surface area (Å²) in [4.78, 5) is 34.1. The summed E-state index contributed by atoms with van der Waals surface area (Å²) in [6.07, 6.45) is -7.58. The summed E-state index contributed by atoms with van der Waals surface area (Å²) in [6.45, 7) is 0. The van der Waals surface area contributed by atoms with Crippen LogP contribution in [0.25, 0.3) is 0 Å². The zero-order chi connectivity index (χ0) is 14.3. The van der Waals surface area contributed by atoms with E-state index in [-0.39, 0.29) is 39.5 Å². The van der Waals surface area contributed by atoms with Crippen LogP contribution in [0.3, 0.4) is 0 Å². The summed E-state index contributed by atoms with van der Waals surface area (Å²) in [5, 5.41) is 57.1. The molecule has 0 fully saturated rings. The first-order valence-corrected chi connectivity index (χ1v) is 2.59. The molecular formula is C4H10NaO12P. The minimum Gasteiger partial charge on any atom is -0.565 e. The van der Waals surface area contributed by atoms with Gasteiger partial charge in [0.05, 0.1) is 0 Å². The van der Waals surface area contributed by atoms with Crippen LogP contribution < -0.4 is 34.7 Å². The standard InChI is InChI=1S/4CH2O3.Na.H3P/c4*2-1(3)4;;/h4*(H2,2,3,4);;1H3/q;;;;+1;/p-1. The Bertz CT molecular complexity index is 164. The number of rotatable bonds is 0. The van der Waals surface area contributed by atoms with Gasteiger partial charge in [-0.3, -0.25) is 0 Å². The molecule has 0 aromatic heterocycles. The molecule has 7 N–H and O–H groups in total. The molecule has 14 heteroatoms. The van der Waals surface area contributed by atoms with Gasteiger partial charge >= 0.3 is 48.0 Å². The van der Waals surface area contributed by atoms with Crippen molar-refractivity contribution in [1.29, 1.82) is 0 Å². The fourth-order valence-corrected chi connectivity index (χ4v) is 0. The number of carboxylic acid groups (broad SMARTS) is 8.